The van der Waals surface area contributed by atoms with Crippen LogP contribution in [0, 0.1) is 6.92 Å². The standard InChI is InChI=1S/C8H12N2O2S/c1-3-10-13(11,12)8-5-4-7(2)6-9-8/h4-6,10H,3H2,1-2H3. The quantitative estimate of drug-likeness (QED) is 0.781. The maximum atomic E-state index is 11.4. The van der Waals surface area contributed by atoms with Gasteiger partial charge in [0.25, 0.3) is 10.0 Å². The number of pyridine rings is 1. The highest BCUT2D eigenvalue weighted by Gasteiger charge is 2.12. The largest absolute Gasteiger partial charge is 0.258 e. The zero-order valence-electron chi connectivity index (χ0n) is 7.61. The van der Waals surface area contributed by atoms with Crippen LogP contribution in [0.3, 0.4) is 0 Å². The number of rotatable bonds is 3. The van der Waals surface area contributed by atoms with E-state index < -0.39 is 10.0 Å². The lowest BCUT2D eigenvalue weighted by Gasteiger charge is -2.02. The van der Waals surface area contributed by atoms with E-state index in [4.69, 9.17) is 0 Å². The molecule has 0 saturated heterocycles. The van der Waals surface area contributed by atoms with Crippen molar-refractivity contribution in [1.29, 1.82) is 0 Å². The smallest absolute Gasteiger partial charge is 0.243 e. The lowest BCUT2D eigenvalue weighted by molar-refractivity contribution is 0.580. The highest BCUT2D eigenvalue weighted by Crippen LogP contribution is 2.04. The van der Waals surface area contributed by atoms with E-state index in [1.54, 1.807) is 13.0 Å². The van der Waals surface area contributed by atoms with E-state index in [0.717, 1.165) is 5.56 Å². The number of sulfonamides is 1. The molecule has 1 aromatic rings. The zero-order chi connectivity index (χ0) is 9.90. The fraction of sp³-hybridized carbons (Fsp3) is 0.375. The first-order valence-corrected chi connectivity index (χ1v) is 5.47. The van der Waals surface area contributed by atoms with Crippen LogP contribution >= 0.6 is 0 Å². The Balaban J connectivity index is 3.02. The van der Waals surface area contributed by atoms with Gasteiger partial charge in [0.1, 0.15) is 0 Å². The van der Waals surface area contributed by atoms with E-state index in [1.807, 2.05) is 6.92 Å². The second kappa shape index (κ2) is 3.85. The number of aryl methyl sites for hydroxylation is 1. The molecule has 0 unspecified atom stereocenters. The summed E-state index contributed by atoms with van der Waals surface area (Å²) in [7, 11) is -3.39. The second-order valence-electron chi connectivity index (χ2n) is 2.68. The third-order valence-electron chi connectivity index (χ3n) is 1.49. The van der Waals surface area contributed by atoms with Gasteiger partial charge in [-0.3, -0.25) is 0 Å². The van der Waals surface area contributed by atoms with Crippen LogP contribution in [0.15, 0.2) is 23.4 Å². The maximum absolute atomic E-state index is 11.4. The van der Waals surface area contributed by atoms with Gasteiger partial charge in [0.15, 0.2) is 5.03 Å². The van der Waals surface area contributed by atoms with Crippen LogP contribution in [0.2, 0.25) is 0 Å². The summed E-state index contributed by atoms with van der Waals surface area (Å²) in [6.07, 6.45) is 1.53. The topological polar surface area (TPSA) is 59.1 Å². The number of aromatic nitrogens is 1. The van der Waals surface area contributed by atoms with Crippen LogP contribution in [-0.2, 0) is 10.0 Å². The van der Waals surface area contributed by atoms with Crippen molar-refractivity contribution in [2.45, 2.75) is 18.9 Å². The van der Waals surface area contributed by atoms with Crippen molar-refractivity contribution in [1.82, 2.24) is 9.71 Å². The van der Waals surface area contributed by atoms with Crippen molar-refractivity contribution >= 4 is 10.0 Å². The van der Waals surface area contributed by atoms with Gasteiger partial charge in [0.05, 0.1) is 0 Å². The van der Waals surface area contributed by atoms with Crippen LogP contribution in [0.4, 0.5) is 0 Å². The molecule has 0 aliphatic heterocycles. The summed E-state index contributed by atoms with van der Waals surface area (Å²) in [5.74, 6) is 0. The summed E-state index contributed by atoms with van der Waals surface area (Å²) < 4.78 is 25.1. The van der Waals surface area contributed by atoms with Crippen molar-refractivity contribution in [3.8, 4) is 0 Å². The Bertz CT molecular complexity index is 370. The van der Waals surface area contributed by atoms with Crippen molar-refractivity contribution in [3.05, 3.63) is 23.9 Å². The molecule has 5 heteroatoms. The molecule has 0 radical (unpaired) electrons. The molecule has 1 N–H and O–H groups in total. The Morgan fingerprint density at radius 3 is 2.62 bits per heavy atom. The molecule has 1 aromatic heterocycles. The summed E-state index contributed by atoms with van der Waals surface area (Å²) >= 11 is 0. The Morgan fingerprint density at radius 1 is 1.46 bits per heavy atom. The number of nitrogens with one attached hydrogen (secondary N) is 1. The molecule has 0 aliphatic carbocycles. The summed E-state index contributed by atoms with van der Waals surface area (Å²) in [4.78, 5) is 3.82. The van der Waals surface area contributed by atoms with Gasteiger partial charge in [0.2, 0.25) is 0 Å². The average molecular weight is 200 g/mol. The van der Waals surface area contributed by atoms with Gasteiger partial charge in [-0.05, 0) is 18.6 Å². The fourth-order valence-corrected chi connectivity index (χ4v) is 1.84. The predicted octanol–water partition coefficient (Wildman–Crippen LogP) is 0.688. The van der Waals surface area contributed by atoms with Crippen LogP contribution in [0.25, 0.3) is 0 Å². The SMILES string of the molecule is CCNS(=O)(=O)c1ccc(C)cn1. The molecular formula is C8H12N2O2S. The van der Waals surface area contributed by atoms with E-state index in [-0.39, 0.29) is 5.03 Å². The average Bonchev–Trinajstić information content (AvgIpc) is 2.05. The fourth-order valence-electron chi connectivity index (χ4n) is 0.877. The van der Waals surface area contributed by atoms with Crippen molar-refractivity contribution in [2.75, 3.05) is 6.54 Å². The predicted molar refractivity (Wildman–Crippen MR) is 49.8 cm³/mol. The minimum Gasteiger partial charge on any atom is -0.243 e. The molecule has 1 heterocycles. The van der Waals surface area contributed by atoms with Gasteiger partial charge >= 0.3 is 0 Å². The third-order valence-corrected chi connectivity index (χ3v) is 2.95. The minimum atomic E-state index is -3.39. The van der Waals surface area contributed by atoms with Gasteiger partial charge in [-0.25, -0.2) is 18.1 Å². The van der Waals surface area contributed by atoms with Crippen LogP contribution < -0.4 is 4.72 Å². The Labute approximate surface area is 78.1 Å². The number of hydrogen-bond acceptors (Lipinski definition) is 3. The molecule has 0 bridgehead atoms. The van der Waals surface area contributed by atoms with E-state index in [9.17, 15) is 8.42 Å². The summed E-state index contributed by atoms with van der Waals surface area (Å²) in [5.41, 5.74) is 0.940. The van der Waals surface area contributed by atoms with E-state index in [0.29, 0.717) is 6.54 Å². The Hall–Kier alpha value is -0.940. The molecule has 0 atom stereocenters. The third kappa shape index (κ3) is 2.50. The maximum Gasteiger partial charge on any atom is 0.258 e. The zero-order valence-corrected chi connectivity index (χ0v) is 8.43. The highest BCUT2D eigenvalue weighted by molar-refractivity contribution is 7.89. The number of hydrogen-bond donors (Lipinski definition) is 1. The van der Waals surface area contributed by atoms with Gasteiger partial charge in [-0.1, -0.05) is 13.0 Å². The summed E-state index contributed by atoms with van der Waals surface area (Å²) in [5, 5.41) is 0.0694. The van der Waals surface area contributed by atoms with Crippen molar-refractivity contribution < 1.29 is 8.42 Å². The molecule has 72 valence electrons. The first kappa shape index (κ1) is 10.1. The molecule has 0 saturated carbocycles. The normalized spacial score (nSPS) is 11.5. The van der Waals surface area contributed by atoms with Crippen LogP contribution in [0.5, 0.6) is 0 Å². The first-order valence-electron chi connectivity index (χ1n) is 3.98. The van der Waals surface area contributed by atoms with Crippen LogP contribution in [0.1, 0.15) is 12.5 Å². The first-order chi connectivity index (χ1) is 6.06. The van der Waals surface area contributed by atoms with E-state index >= 15 is 0 Å². The summed E-state index contributed by atoms with van der Waals surface area (Å²) in [6.45, 7) is 3.96. The van der Waals surface area contributed by atoms with Crippen molar-refractivity contribution in [2.24, 2.45) is 0 Å². The van der Waals surface area contributed by atoms with E-state index in [1.165, 1.54) is 12.3 Å². The molecule has 4 nitrogen and oxygen atoms in total. The Kier molecular flexibility index (Phi) is 3.00. The minimum absolute atomic E-state index is 0.0694. The molecule has 0 aromatic carbocycles. The lowest BCUT2D eigenvalue weighted by Crippen LogP contribution is -2.23. The van der Waals surface area contributed by atoms with Gasteiger partial charge < -0.3 is 0 Å². The van der Waals surface area contributed by atoms with Crippen LogP contribution in [-0.4, -0.2) is 19.9 Å². The Morgan fingerprint density at radius 2 is 2.15 bits per heavy atom. The molecule has 0 aliphatic rings. The molecule has 0 amide bonds. The molecule has 0 spiro atoms. The summed E-state index contributed by atoms with van der Waals surface area (Å²) in [6, 6.07) is 3.21. The monoisotopic (exact) mass is 200 g/mol. The van der Waals surface area contributed by atoms with Gasteiger partial charge in [-0.15, -0.1) is 0 Å². The van der Waals surface area contributed by atoms with E-state index in [2.05, 4.69) is 9.71 Å². The highest BCUT2D eigenvalue weighted by atomic mass is 32.2. The lowest BCUT2D eigenvalue weighted by atomic mass is 10.3. The van der Waals surface area contributed by atoms with Gasteiger partial charge in [-0.2, -0.15) is 0 Å². The van der Waals surface area contributed by atoms with Crippen molar-refractivity contribution in [3.63, 3.8) is 0 Å². The molecular weight excluding hydrogens is 188 g/mol. The molecule has 13 heavy (non-hydrogen) atoms. The molecule has 1 rings (SSSR count). The second-order valence-corrected chi connectivity index (χ2v) is 4.39. The molecule has 0 fully saturated rings. The van der Waals surface area contributed by atoms with Gasteiger partial charge in [0, 0.05) is 12.7 Å². The number of nitrogens with zero attached hydrogens (tertiary/aromatic N) is 1.